The van der Waals surface area contributed by atoms with Gasteiger partial charge in [-0.2, -0.15) is 0 Å². The summed E-state index contributed by atoms with van der Waals surface area (Å²) in [5, 5.41) is 1.54. The Morgan fingerprint density at radius 2 is 2.06 bits per heavy atom. The molecule has 2 aromatic rings. The highest BCUT2D eigenvalue weighted by Crippen LogP contribution is 2.27. The maximum atomic E-state index is 11.4. The van der Waals surface area contributed by atoms with E-state index in [1.165, 1.54) is 7.11 Å². The van der Waals surface area contributed by atoms with E-state index in [-0.39, 0.29) is 12.4 Å². The lowest BCUT2D eigenvalue weighted by atomic mass is 10.0. The van der Waals surface area contributed by atoms with Crippen LogP contribution in [-0.2, 0) is 16.0 Å². The van der Waals surface area contributed by atoms with Crippen molar-refractivity contribution in [3.05, 3.63) is 40.0 Å². The number of carbonyl (C=O) groups is 1. The van der Waals surface area contributed by atoms with Crippen LogP contribution in [0, 0.1) is 13.8 Å². The number of ether oxygens (including phenoxy) is 1. The zero-order chi connectivity index (χ0) is 13.3. The molecule has 0 N–H and O–H groups in total. The first-order valence-electron chi connectivity index (χ1n) is 5.64. The molecule has 0 saturated heterocycles. The molecule has 18 heavy (non-hydrogen) atoms. The molecule has 0 spiro atoms. The van der Waals surface area contributed by atoms with Crippen molar-refractivity contribution in [1.29, 1.82) is 0 Å². The van der Waals surface area contributed by atoms with E-state index in [2.05, 4.69) is 4.98 Å². The van der Waals surface area contributed by atoms with Crippen LogP contribution in [0.25, 0.3) is 10.9 Å². The van der Waals surface area contributed by atoms with E-state index in [0.717, 1.165) is 27.7 Å². The molecule has 0 aliphatic carbocycles. The average Bonchev–Trinajstić information content (AvgIpc) is 2.30. The number of carbonyl (C=O) groups excluding carboxylic acids is 1. The third kappa shape index (κ3) is 2.46. The van der Waals surface area contributed by atoms with Gasteiger partial charge < -0.3 is 4.74 Å². The lowest BCUT2D eigenvalue weighted by Gasteiger charge is -2.09. The highest BCUT2D eigenvalue weighted by molar-refractivity contribution is 6.35. The number of fused-ring (bicyclic) bond motifs is 1. The van der Waals surface area contributed by atoms with Gasteiger partial charge in [-0.25, -0.2) is 0 Å². The fraction of sp³-hybridized carbons (Fsp3) is 0.286. The monoisotopic (exact) mass is 263 g/mol. The van der Waals surface area contributed by atoms with Crippen LogP contribution in [0.2, 0.25) is 5.02 Å². The molecule has 0 aliphatic rings. The molecule has 0 bridgehead atoms. The number of aryl methyl sites for hydroxylation is 2. The Labute approximate surface area is 111 Å². The highest BCUT2D eigenvalue weighted by Gasteiger charge is 2.11. The molecule has 0 aliphatic heterocycles. The fourth-order valence-corrected chi connectivity index (χ4v) is 2.30. The number of benzene rings is 1. The fourth-order valence-electron chi connectivity index (χ4n) is 2.00. The molecule has 0 unspecified atom stereocenters. The SMILES string of the molecule is COC(=O)Cc1cc(C)cc2c(Cl)cc(C)nc12. The van der Waals surface area contributed by atoms with Gasteiger partial charge in [0.25, 0.3) is 0 Å². The summed E-state index contributed by atoms with van der Waals surface area (Å²) in [5.74, 6) is -0.277. The zero-order valence-corrected chi connectivity index (χ0v) is 11.3. The first-order chi connectivity index (χ1) is 8.51. The first-order valence-corrected chi connectivity index (χ1v) is 6.02. The Balaban J connectivity index is 2.67. The minimum atomic E-state index is -0.277. The van der Waals surface area contributed by atoms with Crippen LogP contribution in [0.1, 0.15) is 16.8 Å². The van der Waals surface area contributed by atoms with Crippen LogP contribution in [0.5, 0.6) is 0 Å². The number of methoxy groups -OCH3 is 1. The molecule has 0 radical (unpaired) electrons. The molecule has 0 amide bonds. The van der Waals surface area contributed by atoms with E-state index in [1.807, 2.05) is 32.0 Å². The summed E-state index contributed by atoms with van der Waals surface area (Å²) in [6.45, 7) is 3.85. The Morgan fingerprint density at radius 3 is 2.72 bits per heavy atom. The lowest BCUT2D eigenvalue weighted by molar-refractivity contribution is -0.139. The van der Waals surface area contributed by atoms with E-state index in [9.17, 15) is 4.79 Å². The minimum absolute atomic E-state index is 0.210. The topological polar surface area (TPSA) is 39.2 Å². The van der Waals surface area contributed by atoms with Gasteiger partial charge >= 0.3 is 5.97 Å². The highest BCUT2D eigenvalue weighted by atomic mass is 35.5. The molecule has 1 heterocycles. The number of hydrogen-bond donors (Lipinski definition) is 0. The van der Waals surface area contributed by atoms with Gasteiger partial charge in [-0.1, -0.05) is 23.2 Å². The van der Waals surface area contributed by atoms with Crippen LogP contribution in [0.4, 0.5) is 0 Å². The van der Waals surface area contributed by atoms with E-state index < -0.39 is 0 Å². The summed E-state index contributed by atoms with van der Waals surface area (Å²) >= 11 is 6.22. The van der Waals surface area contributed by atoms with Gasteiger partial charge in [0, 0.05) is 11.1 Å². The third-order valence-electron chi connectivity index (χ3n) is 2.78. The van der Waals surface area contributed by atoms with Crippen LogP contribution in [-0.4, -0.2) is 18.1 Å². The van der Waals surface area contributed by atoms with Gasteiger partial charge in [0.15, 0.2) is 0 Å². The van der Waals surface area contributed by atoms with Crippen LogP contribution in [0.3, 0.4) is 0 Å². The first kappa shape index (κ1) is 12.8. The van der Waals surface area contributed by atoms with Crippen LogP contribution < -0.4 is 0 Å². The van der Waals surface area contributed by atoms with E-state index in [4.69, 9.17) is 16.3 Å². The van der Waals surface area contributed by atoms with Gasteiger partial charge in [0.1, 0.15) is 0 Å². The summed E-state index contributed by atoms with van der Waals surface area (Å²) < 4.78 is 4.70. The van der Waals surface area contributed by atoms with Crippen molar-refractivity contribution < 1.29 is 9.53 Å². The Kier molecular flexibility index (Phi) is 3.53. The maximum absolute atomic E-state index is 11.4. The lowest BCUT2D eigenvalue weighted by Crippen LogP contribution is -2.06. The molecule has 1 aromatic carbocycles. The summed E-state index contributed by atoms with van der Waals surface area (Å²) in [5.41, 5.74) is 3.51. The second-order valence-corrected chi connectivity index (χ2v) is 4.73. The predicted molar refractivity (Wildman–Crippen MR) is 71.9 cm³/mol. The quantitative estimate of drug-likeness (QED) is 0.781. The predicted octanol–water partition coefficient (Wildman–Crippen LogP) is 3.22. The maximum Gasteiger partial charge on any atom is 0.310 e. The number of nitrogens with zero attached hydrogens (tertiary/aromatic N) is 1. The van der Waals surface area contributed by atoms with Gasteiger partial charge in [-0.3, -0.25) is 9.78 Å². The molecule has 94 valence electrons. The number of esters is 1. The van der Waals surface area contributed by atoms with Crippen LogP contribution in [0.15, 0.2) is 18.2 Å². The second kappa shape index (κ2) is 4.94. The Morgan fingerprint density at radius 1 is 1.33 bits per heavy atom. The van der Waals surface area contributed by atoms with E-state index >= 15 is 0 Å². The molecule has 3 nitrogen and oxygen atoms in total. The van der Waals surface area contributed by atoms with Crippen molar-refractivity contribution in [3.8, 4) is 0 Å². The summed E-state index contributed by atoms with van der Waals surface area (Å²) in [6.07, 6.45) is 0.210. The molecular weight excluding hydrogens is 250 g/mol. The third-order valence-corrected chi connectivity index (χ3v) is 3.09. The van der Waals surface area contributed by atoms with Crippen molar-refractivity contribution in [1.82, 2.24) is 4.98 Å². The smallest absolute Gasteiger partial charge is 0.310 e. The minimum Gasteiger partial charge on any atom is -0.469 e. The standard InChI is InChI=1S/C14H14ClNO2/c1-8-4-10(7-13(17)18-3)14-11(5-8)12(15)6-9(2)16-14/h4-6H,7H2,1-3H3. The number of pyridine rings is 1. The van der Waals surface area contributed by atoms with Gasteiger partial charge in [0.2, 0.25) is 0 Å². The molecule has 0 fully saturated rings. The van der Waals surface area contributed by atoms with Crippen molar-refractivity contribution in [2.24, 2.45) is 0 Å². The van der Waals surface area contributed by atoms with Crippen molar-refractivity contribution in [2.45, 2.75) is 20.3 Å². The molecule has 0 saturated carbocycles. The van der Waals surface area contributed by atoms with Gasteiger partial charge in [-0.05, 0) is 31.5 Å². The number of halogens is 1. The van der Waals surface area contributed by atoms with Gasteiger partial charge in [-0.15, -0.1) is 0 Å². The van der Waals surface area contributed by atoms with Crippen molar-refractivity contribution in [3.63, 3.8) is 0 Å². The van der Waals surface area contributed by atoms with E-state index in [1.54, 1.807) is 0 Å². The molecule has 1 aromatic heterocycles. The second-order valence-electron chi connectivity index (χ2n) is 4.32. The van der Waals surface area contributed by atoms with Crippen molar-refractivity contribution in [2.75, 3.05) is 7.11 Å². The summed E-state index contributed by atoms with van der Waals surface area (Å²) in [7, 11) is 1.38. The summed E-state index contributed by atoms with van der Waals surface area (Å²) in [4.78, 5) is 15.9. The number of rotatable bonds is 2. The normalized spacial score (nSPS) is 10.7. The van der Waals surface area contributed by atoms with Crippen molar-refractivity contribution >= 4 is 28.5 Å². The Bertz CT molecular complexity index is 623. The van der Waals surface area contributed by atoms with Crippen LogP contribution >= 0.6 is 11.6 Å². The summed E-state index contributed by atoms with van der Waals surface area (Å²) in [6, 6.07) is 5.75. The molecule has 4 heteroatoms. The molecule has 0 atom stereocenters. The average molecular weight is 264 g/mol. The number of aromatic nitrogens is 1. The molecule has 2 rings (SSSR count). The zero-order valence-electron chi connectivity index (χ0n) is 10.6. The molecular formula is C14H14ClNO2. The Hall–Kier alpha value is -1.61. The number of hydrogen-bond acceptors (Lipinski definition) is 3. The van der Waals surface area contributed by atoms with E-state index in [0.29, 0.717) is 5.02 Å². The van der Waals surface area contributed by atoms with Gasteiger partial charge in [0.05, 0.1) is 24.1 Å². The largest absolute Gasteiger partial charge is 0.469 e.